The first-order chi connectivity index (χ1) is 7.58. The van der Waals surface area contributed by atoms with Crippen LogP contribution >= 0.6 is 11.3 Å². The molecule has 84 valence electrons. The van der Waals surface area contributed by atoms with Gasteiger partial charge in [0, 0.05) is 30.2 Å². The van der Waals surface area contributed by atoms with Crippen molar-refractivity contribution in [2.24, 2.45) is 0 Å². The second-order valence-electron chi connectivity index (χ2n) is 4.10. The van der Waals surface area contributed by atoms with Gasteiger partial charge in [0.2, 0.25) is 0 Å². The predicted molar refractivity (Wildman–Crippen MR) is 71.4 cm³/mol. The van der Waals surface area contributed by atoms with E-state index in [0.29, 0.717) is 0 Å². The molecule has 0 spiro atoms. The summed E-state index contributed by atoms with van der Waals surface area (Å²) < 4.78 is 0. The van der Waals surface area contributed by atoms with Crippen molar-refractivity contribution in [1.29, 1.82) is 0 Å². The fourth-order valence-corrected chi connectivity index (χ4v) is 2.42. The molecular formula is C13H16N2S. The van der Waals surface area contributed by atoms with Crippen molar-refractivity contribution in [2.45, 2.75) is 13.8 Å². The normalized spacial score (nSPS) is 10.5. The van der Waals surface area contributed by atoms with Gasteiger partial charge in [-0.25, -0.2) is 4.98 Å². The van der Waals surface area contributed by atoms with E-state index in [0.717, 1.165) is 10.7 Å². The van der Waals surface area contributed by atoms with E-state index < -0.39 is 0 Å². The van der Waals surface area contributed by atoms with Gasteiger partial charge in [0.15, 0.2) is 0 Å². The van der Waals surface area contributed by atoms with Crippen LogP contribution in [0.4, 0.5) is 5.69 Å². The van der Waals surface area contributed by atoms with Crippen LogP contribution in [0.2, 0.25) is 0 Å². The zero-order chi connectivity index (χ0) is 11.7. The minimum atomic E-state index is 1.11. The van der Waals surface area contributed by atoms with Crippen LogP contribution in [0, 0.1) is 13.8 Å². The fraction of sp³-hybridized carbons (Fsp3) is 0.308. The summed E-state index contributed by atoms with van der Waals surface area (Å²) in [7, 11) is 4.10. The van der Waals surface area contributed by atoms with Gasteiger partial charge in [0.05, 0.1) is 5.69 Å². The Kier molecular flexibility index (Phi) is 2.97. The van der Waals surface area contributed by atoms with Gasteiger partial charge in [-0.15, -0.1) is 11.3 Å². The van der Waals surface area contributed by atoms with Crippen LogP contribution in [-0.4, -0.2) is 19.1 Å². The Hall–Kier alpha value is -1.35. The molecule has 1 heterocycles. The van der Waals surface area contributed by atoms with Crippen LogP contribution in [0.5, 0.6) is 0 Å². The number of benzene rings is 1. The number of aromatic nitrogens is 1. The van der Waals surface area contributed by atoms with Crippen molar-refractivity contribution in [3.63, 3.8) is 0 Å². The molecule has 0 aliphatic rings. The third-order valence-corrected chi connectivity index (χ3v) is 3.78. The second-order valence-corrected chi connectivity index (χ2v) is 5.31. The molecule has 2 aromatic rings. The van der Waals surface area contributed by atoms with Crippen molar-refractivity contribution < 1.29 is 0 Å². The van der Waals surface area contributed by atoms with Gasteiger partial charge in [0.25, 0.3) is 0 Å². The van der Waals surface area contributed by atoms with Gasteiger partial charge in [-0.2, -0.15) is 0 Å². The molecule has 0 unspecified atom stereocenters. The number of nitrogens with zero attached hydrogens (tertiary/aromatic N) is 2. The Morgan fingerprint density at radius 1 is 1.06 bits per heavy atom. The molecule has 0 aliphatic carbocycles. The van der Waals surface area contributed by atoms with Crippen molar-refractivity contribution in [3.8, 4) is 10.6 Å². The van der Waals surface area contributed by atoms with E-state index >= 15 is 0 Å². The number of hydrogen-bond donors (Lipinski definition) is 0. The van der Waals surface area contributed by atoms with E-state index in [9.17, 15) is 0 Å². The minimum absolute atomic E-state index is 1.11. The SMILES string of the molecule is Cc1nc(-c2ccc(N(C)C)cc2)sc1C. The summed E-state index contributed by atoms with van der Waals surface area (Å²) in [4.78, 5) is 7.96. The standard InChI is InChI=1S/C13H16N2S/c1-9-10(2)16-13(14-9)11-5-7-12(8-6-11)15(3)4/h5-8H,1-4H3. The third-order valence-electron chi connectivity index (χ3n) is 2.66. The summed E-state index contributed by atoms with van der Waals surface area (Å²) >= 11 is 1.76. The lowest BCUT2D eigenvalue weighted by Crippen LogP contribution is -2.07. The molecular weight excluding hydrogens is 216 g/mol. The summed E-state index contributed by atoms with van der Waals surface area (Å²) in [6.07, 6.45) is 0. The highest BCUT2D eigenvalue weighted by Gasteiger charge is 2.06. The van der Waals surface area contributed by atoms with Crippen molar-refractivity contribution in [3.05, 3.63) is 34.8 Å². The molecule has 0 saturated heterocycles. The summed E-state index contributed by atoms with van der Waals surface area (Å²) in [6, 6.07) is 8.52. The van der Waals surface area contributed by atoms with Crippen LogP contribution in [-0.2, 0) is 0 Å². The van der Waals surface area contributed by atoms with E-state index in [-0.39, 0.29) is 0 Å². The third kappa shape index (κ3) is 2.09. The average Bonchev–Trinajstić information content (AvgIpc) is 2.59. The Bertz CT molecular complexity index is 464. The Morgan fingerprint density at radius 2 is 1.69 bits per heavy atom. The number of thiazole rings is 1. The molecule has 0 fully saturated rings. The van der Waals surface area contributed by atoms with Gasteiger partial charge in [-0.3, -0.25) is 0 Å². The maximum absolute atomic E-state index is 4.56. The smallest absolute Gasteiger partial charge is 0.123 e. The van der Waals surface area contributed by atoms with E-state index in [2.05, 4.69) is 48.0 Å². The Morgan fingerprint density at radius 3 is 2.12 bits per heavy atom. The van der Waals surface area contributed by atoms with Crippen molar-refractivity contribution in [2.75, 3.05) is 19.0 Å². The van der Waals surface area contributed by atoms with Gasteiger partial charge in [-0.1, -0.05) is 0 Å². The van der Waals surface area contributed by atoms with Crippen LogP contribution in [0.15, 0.2) is 24.3 Å². The van der Waals surface area contributed by atoms with E-state index in [1.54, 1.807) is 11.3 Å². The van der Waals surface area contributed by atoms with Crippen LogP contribution in [0.1, 0.15) is 10.6 Å². The first-order valence-corrected chi connectivity index (χ1v) is 6.11. The minimum Gasteiger partial charge on any atom is -0.378 e. The lowest BCUT2D eigenvalue weighted by molar-refractivity contribution is 1.13. The monoisotopic (exact) mass is 232 g/mol. The number of hydrogen-bond acceptors (Lipinski definition) is 3. The first kappa shape index (κ1) is 11.1. The predicted octanol–water partition coefficient (Wildman–Crippen LogP) is 3.49. The van der Waals surface area contributed by atoms with Crippen LogP contribution in [0.3, 0.4) is 0 Å². The summed E-state index contributed by atoms with van der Waals surface area (Å²) in [5.41, 5.74) is 3.55. The maximum Gasteiger partial charge on any atom is 0.123 e. The second kappa shape index (κ2) is 4.26. The number of anilines is 1. The Labute approximate surface area is 101 Å². The molecule has 0 amide bonds. The molecule has 1 aromatic heterocycles. The van der Waals surface area contributed by atoms with Crippen LogP contribution in [0.25, 0.3) is 10.6 Å². The molecule has 0 bridgehead atoms. The zero-order valence-electron chi connectivity index (χ0n) is 10.1. The molecule has 1 aromatic carbocycles. The maximum atomic E-state index is 4.56. The average molecular weight is 232 g/mol. The van der Waals surface area contributed by atoms with E-state index in [4.69, 9.17) is 0 Å². The van der Waals surface area contributed by atoms with Crippen LogP contribution < -0.4 is 4.90 Å². The quantitative estimate of drug-likeness (QED) is 0.788. The topological polar surface area (TPSA) is 16.1 Å². The highest BCUT2D eigenvalue weighted by Crippen LogP contribution is 2.28. The summed E-state index contributed by atoms with van der Waals surface area (Å²) in [5.74, 6) is 0. The molecule has 0 aliphatic heterocycles. The summed E-state index contributed by atoms with van der Waals surface area (Å²) in [5, 5.41) is 1.11. The highest BCUT2D eigenvalue weighted by atomic mass is 32.1. The molecule has 0 radical (unpaired) electrons. The lowest BCUT2D eigenvalue weighted by Gasteiger charge is -2.11. The molecule has 0 saturated carbocycles. The molecule has 0 N–H and O–H groups in total. The molecule has 3 heteroatoms. The van der Waals surface area contributed by atoms with E-state index in [1.807, 2.05) is 14.1 Å². The number of aryl methyl sites for hydroxylation is 2. The molecule has 16 heavy (non-hydrogen) atoms. The van der Waals surface area contributed by atoms with Gasteiger partial charge >= 0.3 is 0 Å². The fourth-order valence-electron chi connectivity index (χ4n) is 1.50. The van der Waals surface area contributed by atoms with E-state index in [1.165, 1.54) is 16.1 Å². The van der Waals surface area contributed by atoms with Gasteiger partial charge < -0.3 is 4.90 Å². The largest absolute Gasteiger partial charge is 0.378 e. The van der Waals surface area contributed by atoms with Crippen molar-refractivity contribution in [1.82, 2.24) is 4.98 Å². The Balaban J connectivity index is 2.34. The summed E-state index contributed by atoms with van der Waals surface area (Å²) in [6.45, 7) is 4.17. The molecule has 0 atom stereocenters. The first-order valence-electron chi connectivity index (χ1n) is 5.29. The van der Waals surface area contributed by atoms with Crippen molar-refractivity contribution >= 4 is 17.0 Å². The molecule has 2 nitrogen and oxygen atoms in total. The number of rotatable bonds is 2. The van der Waals surface area contributed by atoms with Gasteiger partial charge in [-0.05, 0) is 38.1 Å². The zero-order valence-corrected chi connectivity index (χ0v) is 10.9. The lowest BCUT2D eigenvalue weighted by atomic mass is 10.2. The highest BCUT2D eigenvalue weighted by molar-refractivity contribution is 7.15. The molecule has 2 rings (SSSR count). The van der Waals surface area contributed by atoms with Gasteiger partial charge in [0.1, 0.15) is 5.01 Å².